The van der Waals surface area contributed by atoms with Crippen LogP contribution in [0.1, 0.15) is 30.5 Å². The molecule has 0 radical (unpaired) electrons. The highest BCUT2D eigenvalue weighted by atomic mass is 32.2. The van der Waals surface area contributed by atoms with Gasteiger partial charge in [0.05, 0.1) is 29.2 Å². The van der Waals surface area contributed by atoms with E-state index in [0.717, 1.165) is 47.6 Å². The third kappa shape index (κ3) is 4.07. The molecule has 0 aliphatic carbocycles. The second-order valence-corrected chi connectivity index (χ2v) is 11.2. The average molecular weight is 452 g/mol. The topological polar surface area (TPSA) is 68.3 Å². The predicted molar refractivity (Wildman–Crippen MR) is 127 cm³/mol. The molecule has 1 aliphatic heterocycles. The maximum atomic E-state index is 12.0. The maximum Gasteiger partial charge on any atom is 0.150 e. The van der Waals surface area contributed by atoms with E-state index in [0.29, 0.717) is 18.8 Å². The molecule has 5 rings (SSSR count). The van der Waals surface area contributed by atoms with E-state index < -0.39 is 9.84 Å². The smallest absolute Gasteiger partial charge is 0.150 e. The van der Waals surface area contributed by atoms with Crippen LogP contribution < -0.4 is 0 Å². The van der Waals surface area contributed by atoms with Crippen LogP contribution in [0.25, 0.3) is 22.0 Å². The van der Waals surface area contributed by atoms with Gasteiger partial charge < -0.3 is 8.98 Å². The van der Waals surface area contributed by atoms with Gasteiger partial charge in [0.2, 0.25) is 0 Å². The lowest BCUT2D eigenvalue weighted by Crippen LogP contribution is -2.24. The van der Waals surface area contributed by atoms with E-state index in [4.69, 9.17) is 9.40 Å². The van der Waals surface area contributed by atoms with Gasteiger partial charge in [-0.15, -0.1) is 0 Å². The summed E-state index contributed by atoms with van der Waals surface area (Å²) in [5.74, 6) is 2.71. The molecule has 0 bridgehead atoms. The number of aromatic nitrogens is 2. The molecule has 4 aromatic rings. The van der Waals surface area contributed by atoms with Crippen molar-refractivity contribution in [2.24, 2.45) is 5.92 Å². The zero-order valence-corrected chi connectivity index (χ0v) is 19.4. The standard InChI is InChI=1S/C25H29N3O3S/c1-3-23-20(19-8-4-7-11-24(19)31-23)15-27(2)17-28-22-10-6-5-9-21(22)26-25(28)14-18-12-13-32(29,30)16-18/h4-11,18H,3,12-17H2,1-2H3/t18-/m1/s1. The Morgan fingerprint density at radius 1 is 1.16 bits per heavy atom. The molecule has 3 heterocycles. The van der Waals surface area contributed by atoms with E-state index in [1.165, 1.54) is 10.9 Å². The van der Waals surface area contributed by atoms with Gasteiger partial charge in [-0.05, 0) is 37.6 Å². The van der Waals surface area contributed by atoms with Crippen molar-refractivity contribution in [2.45, 2.75) is 39.4 Å². The molecule has 0 amide bonds. The van der Waals surface area contributed by atoms with Crippen molar-refractivity contribution in [3.05, 3.63) is 65.7 Å². The number of benzene rings is 2. The minimum atomic E-state index is -2.90. The van der Waals surface area contributed by atoms with Crippen molar-refractivity contribution in [1.82, 2.24) is 14.5 Å². The summed E-state index contributed by atoms with van der Waals surface area (Å²) in [4.78, 5) is 7.16. The summed E-state index contributed by atoms with van der Waals surface area (Å²) in [5, 5.41) is 1.17. The van der Waals surface area contributed by atoms with E-state index >= 15 is 0 Å². The first-order valence-corrected chi connectivity index (χ1v) is 13.1. The fourth-order valence-corrected chi connectivity index (χ4v) is 6.76. The van der Waals surface area contributed by atoms with Crippen molar-refractivity contribution < 1.29 is 12.8 Å². The molecule has 0 saturated carbocycles. The van der Waals surface area contributed by atoms with Crippen molar-refractivity contribution in [3.63, 3.8) is 0 Å². The summed E-state index contributed by atoms with van der Waals surface area (Å²) in [5.41, 5.74) is 4.21. The number of nitrogens with zero attached hydrogens (tertiary/aromatic N) is 3. The van der Waals surface area contributed by atoms with Crippen LogP contribution in [-0.2, 0) is 35.9 Å². The Morgan fingerprint density at radius 3 is 2.72 bits per heavy atom. The second-order valence-electron chi connectivity index (χ2n) is 8.93. The normalized spacial score (nSPS) is 18.3. The molecule has 6 nitrogen and oxygen atoms in total. The second kappa shape index (κ2) is 8.37. The van der Waals surface area contributed by atoms with Crippen LogP contribution in [0.15, 0.2) is 52.9 Å². The van der Waals surface area contributed by atoms with Gasteiger partial charge in [0.15, 0.2) is 9.84 Å². The third-order valence-electron chi connectivity index (χ3n) is 6.45. The number of furan rings is 1. The van der Waals surface area contributed by atoms with Crippen LogP contribution in [-0.4, -0.2) is 41.4 Å². The molecule has 2 aromatic carbocycles. The lowest BCUT2D eigenvalue weighted by atomic mass is 10.1. The highest BCUT2D eigenvalue weighted by Gasteiger charge is 2.29. The fraction of sp³-hybridized carbons (Fsp3) is 0.400. The molecule has 1 saturated heterocycles. The number of fused-ring (bicyclic) bond motifs is 2. The summed E-state index contributed by atoms with van der Waals surface area (Å²) in [7, 11) is -0.791. The molecule has 2 aromatic heterocycles. The summed E-state index contributed by atoms with van der Waals surface area (Å²) < 4.78 is 32.3. The van der Waals surface area contributed by atoms with Gasteiger partial charge in [-0.25, -0.2) is 13.4 Å². The minimum absolute atomic E-state index is 0.144. The van der Waals surface area contributed by atoms with Crippen LogP contribution in [0.5, 0.6) is 0 Å². The Kier molecular flexibility index (Phi) is 5.55. The number of imidazole rings is 1. The number of sulfone groups is 1. The number of hydrogen-bond donors (Lipinski definition) is 0. The third-order valence-corrected chi connectivity index (χ3v) is 8.28. The summed E-state index contributed by atoms with van der Waals surface area (Å²) in [6.07, 6.45) is 2.27. The number of para-hydroxylation sites is 3. The molecule has 1 aliphatic rings. The molecule has 7 heteroatoms. The molecule has 0 N–H and O–H groups in total. The highest BCUT2D eigenvalue weighted by Crippen LogP contribution is 2.29. The average Bonchev–Trinajstić information content (AvgIpc) is 3.42. The number of hydrogen-bond acceptors (Lipinski definition) is 5. The SMILES string of the molecule is CCc1oc2ccccc2c1CN(C)Cn1c(C[C@H]2CCS(=O)(=O)C2)nc2ccccc21. The monoisotopic (exact) mass is 451 g/mol. The van der Waals surface area contributed by atoms with Crippen molar-refractivity contribution in [3.8, 4) is 0 Å². The minimum Gasteiger partial charge on any atom is -0.461 e. The number of aryl methyl sites for hydroxylation is 1. The van der Waals surface area contributed by atoms with Gasteiger partial charge in [-0.3, -0.25) is 4.90 Å². The molecular weight excluding hydrogens is 422 g/mol. The van der Waals surface area contributed by atoms with Crippen LogP contribution >= 0.6 is 0 Å². The van der Waals surface area contributed by atoms with Gasteiger partial charge in [0.25, 0.3) is 0 Å². The van der Waals surface area contributed by atoms with Crippen molar-refractivity contribution >= 4 is 31.8 Å². The number of rotatable bonds is 7. The van der Waals surface area contributed by atoms with Crippen molar-refractivity contribution in [1.29, 1.82) is 0 Å². The van der Waals surface area contributed by atoms with Gasteiger partial charge in [-0.1, -0.05) is 37.3 Å². The molecule has 1 fully saturated rings. The molecule has 1 atom stereocenters. The molecule has 0 spiro atoms. The zero-order chi connectivity index (χ0) is 22.3. The van der Waals surface area contributed by atoms with Gasteiger partial charge in [0.1, 0.15) is 17.2 Å². The fourth-order valence-electron chi connectivity index (χ4n) is 4.90. The Hall–Kier alpha value is -2.64. The largest absolute Gasteiger partial charge is 0.461 e. The lowest BCUT2D eigenvalue weighted by Gasteiger charge is -2.20. The Bertz CT molecular complexity index is 1370. The van der Waals surface area contributed by atoms with Crippen LogP contribution in [0.4, 0.5) is 0 Å². The van der Waals surface area contributed by atoms with E-state index in [2.05, 4.69) is 41.6 Å². The van der Waals surface area contributed by atoms with Crippen LogP contribution in [0, 0.1) is 5.92 Å². The summed E-state index contributed by atoms with van der Waals surface area (Å²) in [6, 6.07) is 16.4. The first-order chi connectivity index (χ1) is 15.4. The van der Waals surface area contributed by atoms with Gasteiger partial charge in [0, 0.05) is 30.3 Å². The molecule has 0 unspecified atom stereocenters. The zero-order valence-electron chi connectivity index (χ0n) is 18.6. The summed E-state index contributed by atoms with van der Waals surface area (Å²) in [6.45, 7) is 3.57. The Labute approximate surface area is 188 Å². The predicted octanol–water partition coefficient (Wildman–Crippen LogP) is 4.41. The summed E-state index contributed by atoms with van der Waals surface area (Å²) >= 11 is 0. The van der Waals surface area contributed by atoms with E-state index in [-0.39, 0.29) is 11.7 Å². The molecule has 168 valence electrons. The van der Waals surface area contributed by atoms with E-state index in [1.807, 2.05) is 30.3 Å². The van der Waals surface area contributed by atoms with Crippen LogP contribution in [0.3, 0.4) is 0 Å². The van der Waals surface area contributed by atoms with Gasteiger partial charge in [-0.2, -0.15) is 0 Å². The van der Waals surface area contributed by atoms with E-state index in [9.17, 15) is 8.42 Å². The first-order valence-electron chi connectivity index (χ1n) is 11.3. The van der Waals surface area contributed by atoms with Crippen molar-refractivity contribution in [2.75, 3.05) is 18.6 Å². The lowest BCUT2D eigenvalue weighted by molar-refractivity contribution is 0.258. The quantitative estimate of drug-likeness (QED) is 0.416. The Morgan fingerprint density at radius 2 is 1.94 bits per heavy atom. The first kappa shape index (κ1) is 21.2. The highest BCUT2D eigenvalue weighted by molar-refractivity contribution is 7.91. The Balaban J connectivity index is 1.43. The molecular formula is C25H29N3O3S. The van der Waals surface area contributed by atoms with E-state index in [1.54, 1.807) is 0 Å². The van der Waals surface area contributed by atoms with Crippen LogP contribution in [0.2, 0.25) is 0 Å². The maximum absolute atomic E-state index is 12.0. The molecule has 32 heavy (non-hydrogen) atoms. The van der Waals surface area contributed by atoms with Gasteiger partial charge >= 0.3 is 0 Å².